The molecule has 3 atom stereocenters. The highest BCUT2D eigenvalue weighted by Crippen LogP contribution is 2.32. The molecule has 1 aliphatic heterocycles. The van der Waals surface area contributed by atoms with Crippen molar-refractivity contribution in [3.8, 4) is 0 Å². The van der Waals surface area contributed by atoms with Crippen molar-refractivity contribution in [1.82, 2.24) is 16.0 Å². The van der Waals surface area contributed by atoms with Gasteiger partial charge >= 0.3 is 6.09 Å². The number of alkyl carbamates (subject to hydrolysis) is 1. The number of carbonyl (C=O) groups is 3. The van der Waals surface area contributed by atoms with E-state index in [1.165, 1.54) is 0 Å². The molecule has 1 fully saturated rings. The Labute approximate surface area is 200 Å². The van der Waals surface area contributed by atoms with Crippen LogP contribution in [0.1, 0.15) is 47.0 Å². The maximum Gasteiger partial charge on any atom is 0.407 e. The van der Waals surface area contributed by atoms with Crippen LogP contribution in [0.3, 0.4) is 0 Å². The second kappa shape index (κ2) is 12.6. The van der Waals surface area contributed by atoms with Gasteiger partial charge in [-0.25, -0.2) is 4.79 Å². The Bertz CT molecular complexity index is 816. The van der Waals surface area contributed by atoms with Crippen molar-refractivity contribution in [1.29, 1.82) is 5.41 Å². The van der Waals surface area contributed by atoms with Crippen molar-refractivity contribution < 1.29 is 19.1 Å². The van der Waals surface area contributed by atoms with Crippen molar-refractivity contribution in [3.05, 3.63) is 30.3 Å². The summed E-state index contributed by atoms with van der Waals surface area (Å²) in [6.45, 7) is 8.70. The minimum atomic E-state index is -0.790. The summed E-state index contributed by atoms with van der Waals surface area (Å²) >= 11 is 1.61. The van der Waals surface area contributed by atoms with Crippen LogP contribution < -0.4 is 16.0 Å². The van der Waals surface area contributed by atoms with Crippen molar-refractivity contribution >= 4 is 35.9 Å². The Morgan fingerprint density at radius 3 is 2.55 bits per heavy atom. The number of hydrogen-bond donors (Lipinski definition) is 4. The first-order valence-electron chi connectivity index (χ1n) is 11.4. The van der Waals surface area contributed by atoms with Gasteiger partial charge in [0.2, 0.25) is 11.8 Å². The van der Waals surface area contributed by atoms with E-state index in [-0.39, 0.29) is 35.0 Å². The molecule has 33 heavy (non-hydrogen) atoms. The number of nitrogens with one attached hydrogen (secondary N) is 4. The van der Waals surface area contributed by atoms with Crippen LogP contribution in [0.5, 0.6) is 0 Å². The number of rotatable bonds is 12. The molecule has 0 aliphatic carbocycles. The molecule has 1 aromatic carbocycles. The van der Waals surface area contributed by atoms with Gasteiger partial charge < -0.3 is 26.1 Å². The van der Waals surface area contributed by atoms with Gasteiger partial charge in [-0.2, -0.15) is 0 Å². The average Bonchev–Trinajstić information content (AvgIpc) is 3.15. The van der Waals surface area contributed by atoms with Crippen molar-refractivity contribution in [3.63, 3.8) is 0 Å². The molecular formula is C24H36N4O4S. The van der Waals surface area contributed by atoms with E-state index in [0.29, 0.717) is 25.8 Å². The van der Waals surface area contributed by atoms with Gasteiger partial charge in [-0.1, -0.05) is 32.0 Å². The van der Waals surface area contributed by atoms with Gasteiger partial charge in [-0.05, 0) is 51.2 Å². The summed E-state index contributed by atoms with van der Waals surface area (Å²) in [5.41, 5.74) is 0. The van der Waals surface area contributed by atoms with E-state index < -0.39 is 18.2 Å². The molecule has 8 nitrogen and oxygen atoms in total. The second-order valence-corrected chi connectivity index (χ2v) is 11.2. The first kappa shape index (κ1) is 26.7. The number of amides is 3. The molecule has 4 N–H and O–H groups in total. The third-order valence-corrected chi connectivity index (χ3v) is 6.41. The molecule has 0 radical (unpaired) electrons. The zero-order valence-electron chi connectivity index (χ0n) is 19.9. The Morgan fingerprint density at radius 1 is 1.27 bits per heavy atom. The van der Waals surface area contributed by atoms with Gasteiger partial charge in [0, 0.05) is 28.3 Å². The van der Waals surface area contributed by atoms with Gasteiger partial charge in [-0.15, -0.1) is 11.8 Å². The van der Waals surface area contributed by atoms with Crippen LogP contribution in [0.25, 0.3) is 0 Å². The van der Waals surface area contributed by atoms with E-state index in [9.17, 15) is 14.4 Å². The summed E-state index contributed by atoms with van der Waals surface area (Å²) in [4.78, 5) is 38.3. The predicted octanol–water partition coefficient (Wildman–Crippen LogP) is 3.36. The molecule has 0 unspecified atom stereocenters. The molecule has 3 amide bonds. The molecule has 1 aromatic rings. The molecular weight excluding hydrogens is 440 g/mol. The summed E-state index contributed by atoms with van der Waals surface area (Å²) in [6, 6.07) is 8.52. The highest BCUT2D eigenvalue weighted by Gasteiger charge is 2.30. The maximum atomic E-state index is 12.9. The third kappa shape index (κ3) is 9.45. The van der Waals surface area contributed by atoms with Crippen LogP contribution >= 0.6 is 11.8 Å². The van der Waals surface area contributed by atoms with Crippen molar-refractivity contribution in [2.75, 3.05) is 13.2 Å². The van der Waals surface area contributed by atoms with Crippen LogP contribution in [0.15, 0.2) is 35.2 Å². The largest absolute Gasteiger partial charge is 0.448 e. The van der Waals surface area contributed by atoms with Gasteiger partial charge in [0.1, 0.15) is 12.6 Å². The topological polar surface area (TPSA) is 120 Å². The molecule has 9 heteroatoms. The molecule has 1 aliphatic rings. The number of hydrogen-bond acceptors (Lipinski definition) is 6. The fourth-order valence-corrected chi connectivity index (χ4v) is 4.64. The second-order valence-electron chi connectivity index (χ2n) is 9.37. The Balaban J connectivity index is 1.90. The van der Waals surface area contributed by atoms with E-state index in [1.807, 2.05) is 58.0 Å². The standard InChI is InChI=1S/C24H36N4O4S/c1-16(2)12-20(22(30)27-18(14-25)13-17-10-11-26-21(17)29)28-23(31)32-15-24(3,4)33-19-8-6-5-7-9-19/h5-9,14,16-18,20,25H,10-13,15H2,1-4H3,(H,26,29)(H,27,30)(H,28,31)/t17-,18-,20-/m0/s1. The van der Waals surface area contributed by atoms with Crippen molar-refractivity contribution in [2.45, 2.75) is 68.7 Å². The maximum absolute atomic E-state index is 12.9. The lowest BCUT2D eigenvalue weighted by Gasteiger charge is -2.26. The minimum absolute atomic E-state index is 0.0486. The predicted molar refractivity (Wildman–Crippen MR) is 131 cm³/mol. The van der Waals surface area contributed by atoms with Gasteiger partial charge in [0.15, 0.2) is 0 Å². The number of benzene rings is 1. The Kier molecular flexibility index (Phi) is 10.2. The normalized spacial score (nSPS) is 17.7. The van der Waals surface area contributed by atoms with E-state index >= 15 is 0 Å². The van der Waals surface area contributed by atoms with Crippen molar-refractivity contribution in [2.24, 2.45) is 11.8 Å². The van der Waals surface area contributed by atoms with Crippen LogP contribution in [0.4, 0.5) is 4.79 Å². The fourth-order valence-electron chi connectivity index (χ4n) is 3.59. The molecule has 1 heterocycles. The van der Waals surface area contributed by atoms with Crippen LogP contribution in [-0.2, 0) is 14.3 Å². The number of thioether (sulfide) groups is 1. The summed E-state index contributed by atoms with van der Waals surface area (Å²) in [6.07, 6.45) is 1.97. The molecule has 0 spiro atoms. The highest BCUT2D eigenvalue weighted by molar-refractivity contribution is 8.00. The monoisotopic (exact) mass is 476 g/mol. The number of ether oxygens (including phenoxy) is 1. The lowest BCUT2D eigenvalue weighted by atomic mass is 9.98. The van der Waals surface area contributed by atoms with E-state index in [1.54, 1.807) is 11.8 Å². The molecule has 2 rings (SSSR count). The first-order chi connectivity index (χ1) is 15.6. The van der Waals surface area contributed by atoms with E-state index in [0.717, 1.165) is 11.1 Å². The number of carbonyl (C=O) groups excluding carboxylic acids is 3. The quantitative estimate of drug-likeness (QED) is 0.272. The zero-order chi connectivity index (χ0) is 24.4. The SMILES string of the molecule is CC(C)C[C@H](NC(=O)OCC(C)(C)Sc1ccccc1)C(=O)N[C@H](C=N)C[C@@H]1CCNC1=O. The summed E-state index contributed by atoms with van der Waals surface area (Å²) in [7, 11) is 0. The highest BCUT2D eigenvalue weighted by atomic mass is 32.2. The van der Waals surface area contributed by atoms with Crippen LogP contribution in [-0.4, -0.2) is 54.1 Å². The van der Waals surface area contributed by atoms with Gasteiger partial charge in [0.05, 0.1) is 6.04 Å². The van der Waals surface area contributed by atoms with Gasteiger partial charge in [-0.3, -0.25) is 9.59 Å². The smallest absolute Gasteiger partial charge is 0.407 e. The molecule has 0 bridgehead atoms. The zero-order valence-corrected chi connectivity index (χ0v) is 20.7. The summed E-state index contributed by atoms with van der Waals surface area (Å²) in [5, 5.41) is 15.9. The first-order valence-corrected chi connectivity index (χ1v) is 12.2. The molecule has 0 saturated carbocycles. The molecule has 182 valence electrons. The third-order valence-electron chi connectivity index (χ3n) is 5.23. The van der Waals surface area contributed by atoms with Gasteiger partial charge in [0.25, 0.3) is 0 Å². The summed E-state index contributed by atoms with van der Waals surface area (Å²) in [5.74, 6) is -0.495. The van der Waals surface area contributed by atoms with E-state index in [2.05, 4.69) is 16.0 Å². The summed E-state index contributed by atoms with van der Waals surface area (Å²) < 4.78 is 5.10. The lowest BCUT2D eigenvalue weighted by molar-refractivity contribution is -0.125. The fraction of sp³-hybridized carbons (Fsp3) is 0.583. The van der Waals surface area contributed by atoms with Crippen LogP contribution in [0, 0.1) is 17.2 Å². The average molecular weight is 477 g/mol. The molecule has 1 saturated heterocycles. The van der Waals surface area contributed by atoms with E-state index in [4.69, 9.17) is 10.1 Å². The minimum Gasteiger partial charge on any atom is -0.448 e. The molecule has 0 aromatic heterocycles. The van der Waals surface area contributed by atoms with Crippen LogP contribution in [0.2, 0.25) is 0 Å². The Morgan fingerprint density at radius 2 is 1.97 bits per heavy atom. The lowest BCUT2D eigenvalue weighted by Crippen LogP contribution is -2.51. The Hall–Kier alpha value is -2.55.